The van der Waals surface area contributed by atoms with Crippen molar-refractivity contribution in [3.8, 4) is 0 Å². The third-order valence-corrected chi connectivity index (χ3v) is 5.69. The Kier molecular flexibility index (Phi) is 4.65. The van der Waals surface area contributed by atoms with Crippen LogP contribution in [-0.4, -0.2) is 8.42 Å². The van der Waals surface area contributed by atoms with Gasteiger partial charge in [-0.05, 0) is 71.2 Å². The molecule has 4 nitrogen and oxygen atoms in total. The molecule has 0 atom stereocenters. The Morgan fingerprint density at radius 2 is 1.76 bits per heavy atom. The molecule has 3 N–H and O–H groups in total. The number of benzene rings is 2. The summed E-state index contributed by atoms with van der Waals surface area (Å²) in [5.74, 6) is 0. The van der Waals surface area contributed by atoms with Crippen LogP contribution in [0.4, 0.5) is 11.4 Å². The monoisotopic (exact) mass is 432 g/mol. The molecular weight excluding hydrogens is 420 g/mol. The van der Waals surface area contributed by atoms with Crippen LogP contribution in [0.5, 0.6) is 0 Å². The molecule has 0 fully saturated rings. The van der Waals surface area contributed by atoms with Crippen molar-refractivity contribution in [2.75, 3.05) is 10.5 Å². The highest BCUT2D eigenvalue weighted by molar-refractivity contribution is 9.11. The molecule has 0 bridgehead atoms. The molecule has 0 aliphatic heterocycles. The molecule has 0 aliphatic rings. The fourth-order valence-corrected chi connectivity index (χ4v) is 3.82. The summed E-state index contributed by atoms with van der Waals surface area (Å²) in [6.45, 7) is 3.69. The summed E-state index contributed by atoms with van der Waals surface area (Å²) in [5.41, 5.74) is 8.50. The Morgan fingerprint density at radius 3 is 2.38 bits per heavy atom. The molecule has 2 rings (SSSR count). The van der Waals surface area contributed by atoms with E-state index in [0.717, 1.165) is 15.6 Å². The minimum Gasteiger partial charge on any atom is -0.398 e. The number of aryl methyl sites for hydroxylation is 1. The van der Waals surface area contributed by atoms with E-state index in [-0.39, 0.29) is 4.90 Å². The summed E-state index contributed by atoms with van der Waals surface area (Å²) in [7, 11) is -3.70. The van der Waals surface area contributed by atoms with Crippen LogP contribution >= 0.6 is 31.9 Å². The number of anilines is 2. The molecule has 112 valence electrons. The first-order valence-electron chi connectivity index (χ1n) is 6.05. The average molecular weight is 434 g/mol. The summed E-state index contributed by atoms with van der Waals surface area (Å²) in [5, 5.41) is 0. The summed E-state index contributed by atoms with van der Waals surface area (Å²) < 4.78 is 29.0. The van der Waals surface area contributed by atoms with Crippen molar-refractivity contribution in [3.05, 3.63) is 50.4 Å². The van der Waals surface area contributed by atoms with Crippen molar-refractivity contribution >= 4 is 53.3 Å². The van der Waals surface area contributed by atoms with Crippen molar-refractivity contribution < 1.29 is 8.42 Å². The van der Waals surface area contributed by atoms with E-state index in [0.29, 0.717) is 15.8 Å². The van der Waals surface area contributed by atoms with Gasteiger partial charge < -0.3 is 5.73 Å². The fraction of sp³-hybridized carbons (Fsp3) is 0.143. The first-order valence-corrected chi connectivity index (χ1v) is 9.12. The van der Waals surface area contributed by atoms with Crippen molar-refractivity contribution in [2.24, 2.45) is 0 Å². The molecule has 0 unspecified atom stereocenters. The predicted octanol–water partition coefficient (Wildman–Crippen LogP) is 4.21. The number of rotatable bonds is 3. The number of hydrogen-bond donors (Lipinski definition) is 2. The standard InChI is InChI=1S/C14H14Br2N2O2S/c1-8-5-11(7-13(17)9(8)2)21(19,20)18-14-6-10(15)3-4-12(14)16/h3-7,18H,17H2,1-2H3. The van der Waals surface area contributed by atoms with Gasteiger partial charge in [-0.25, -0.2) is 8.42 Å². The van der Waals surface area contributed by atoms with Gasteiger partial charge in [-0.3, -0.25) is 4.72 Å². The number of nitrogens with two attached hydrogens (primary N) is 1. The van der Waals surface area contributed by atoms with E-state index in [9.17, 15) is 8.42 Å². The minimum atomic E-state index is -3.70. The largest absolute Gasteiger partial charge is 0.398 e. The van der Waals surface area contributed by atoms with E-state index in [1.807, 2.05) is 19.9 Å². The number of hydrogen-bond acceptors (Lipinski definition) is 3. The van der Waals surface area contributed by atoms with Gasteiger partial charge in [0.05, 0.1) is 10.6 Å². The zero-order chi connectivity index (χ0) is 15.8. The van der Waals surface area contributed by atoms with Crippen LogP contribution < -0.4 is 10.5 Å². The molecule has 2 aromatic rings. The Hall–Kier alpha value is -1.05. The van der Waals surface area contributed by atoms with Crippen LogP contribution in [0.2, 0.25) is 0 Å². The highest BCUT2D eigenvalue weighted by atomic mass is 79.9. The highest BCUT2D eigenvalue weighted by Crippen LogP contribution is 2.29. The van der Waals surface area contributed by atoms with Gasteiger partial charge in [0, 0.05) is 14.6 Å². The van der Waals surface area contributed by atoms with Gasteiger partial charge in [-0.15, -0.1) is 0 Å². The van der Waals surface area contributed by atoms with Gasteiger partial charge in [-0.2, -0.15) is 0 Å². The summed E-state index contributed by atoms with van der Waals surface area (Å²) in [6, 6.07) is 8.34. The van der Waals surface area contributed by atoms with Crippen LogP contribution in [0.3, 0.4) is 0 Å². The first-order chi connectivity index (χ1) is 9.70. The third kappa shape index (κ3) is 3.59. The zero-order valence-corrected chi connectivity index (χ0v) is 15.4. The summed E-state index contributed by atoms with van der Waals surface area (Å²) >= 11 is 6.64. The van der Waals surface area contributed by atoms with Crippen LogP contribution in [-0.2, 0) is 10.0 Å². The van der Waals surface area contributed by atoms with E-state index in [1.54, 1.807) is 18.2 Å². The van der Waals surface area contributed by atoms with Gasteiger partial charge in [0.25, 0.3) is 10.0 Å². The first kappa shape index (κ1) is 16.3. The molecule has 2 aromatic carbocycles. The lowest BCUT2D eigenvalue weighted by Gasteiger charge is -2.13. The minimum absolute atomic E-state index is 0.148. The van der Waals surface area contributed by atoms with Crippen molar-refractivity contribution in [1.29, 1.82) is 0 Å². The molecule has 21 heavy (non-hydrogen) atoms. The molecule has 0 amide bonds. The Balaban J connectivity index is 2.46. The Labute approximate surface area is 141 Å². The smallest absolute Gasteiger partial charge is 0.262 e. The Morgan fingerprint density at radius 1 is 1.10 bits per heavy atom. The number of halogens is 2. The highest BCUT2D eigenvalue weighted by Gasteiger charge is 2.17. The maximum Gasteiger partial charge on any atom is 0.262 e. The zero-order valence-electron chi connectivity index (χ0n) is 11.4. The van der Waals surface area contributed by atoms with Crippen molar-refractivity contribution in [1.82, 2.24) is 0 Å². The second kappa shape index (κ2) is 5.98. The lowest BCUT2D eigenvalue weighted by Crippen LogP contribution is -2.14. The van der Waals surface area contributed by atoms with E-state index in [4.69, 9.17) is 5.73 Å². The van der Waals surface area contributed by atoms with Crippen LogP contribution in [0.25, 0.3) is 0 Å². The molecule has 0 aromatic heterocycles. The molecule has 0 saturated heterocycles. The quantitative estimate of drug-likeness (QED) is 0.712. The van der Waals surface area contributed by atoms with Crippen LogP contribution in [0.15, 0.2) is 44.2 Å². The maximum atomic E-state index is 12.5. The Bertz CT molecular complexity index is 782. The van der Waals surface area contributed by atoms with Crippen LogP contribution in [0.1, 0.15) is 11.1 Å². The van der Waals surface area contributed by atoms with Gasteiger partial charge in [0.1, 0.15) is 0 Å². The SMILES string of the molecule is Cc1cc(S(=O)(=O)Nc2cc(Br)ccc2Br)cc(N)c1C. The van der Waals surface area contributed by atoms with E-state index in [1.165, 1.54) is 6.07 Å². The van der Waals surface area contributed by atoms with Gasteiger partial charge in [0.2, 0.25) is 0 Å². The molecule has 0 saturated carbocycles. The predicted molar refractivity (Wildman–Crippen MR) is 93.0 cm³/mol. The van der Waals surface area contributed by atoms with Gasteiger partial charge >= 0.3 is 0 Å². The summed E-state index contributed by atoms with van der Waals surface area (Å²) in [4.78, 5) is 0.148. The average Bonchev–Trinajstić information content (AvgIpc) is 2.39. The second-order valence-corrected chi connectivity index (χ2v) is 8.14. The molecular formula is C14H14Br2N2O2S. The lowest BCUT2D eigenvalue weighted by atomic mass is 10.1. The summed E-state index contributed by atoms with van der Waals surface area (Å²) in [6.07, 6.45) is 0. The van der Waals surface area contributed by atoms with Crippen molar-refractivity contribution in [3.63, 3.8) is 0 Å². The molecule has 0 radical (unpaired) electrons. The number of sulfonamides is 1. The lowest BCUT2D eigenvalue weighted by molar-refractivity contribution is 0.601. The number of nitrogen functional groups attached to an aromatic ring is 1. The van der Waals surface area contributed by atoms with Crippen LogP contribution in [0, 0.1) is 13.8 Å². The maximum absolute atomic E-state index is 12.5. The van der Waals surface area contributed by atoms with Crippen molar-refractivity contribution in [2.45, 2.75) is 18.7 Å². The fourth-order valence-electron chi connectivity index (χ4n) is 1.79. The van der Waals surface area contributed by atoms with E-state index < -0.39 is 10.0 Å². The second-order valence-electron chi connectivity index (χ2n) is 4.68. The molecule has 0 aliphatic carbocycles. The van der Waals surface area contributed by atoms with Gasteiger partial charge in [0.15, 0.2) is 0 Å². The van der Waals surface area contributed by atoms with E-state index in [2.05, 4.69) is 36.6 Å². The van der Waals surface area contributed by atoms with Gasteiger partial charge in [-0.1, -0.05) is 15.9 Å². The third-order valence-electron chi connectivity index (χ3n) is 3.16. The normalized spacial score (nSPS) is 11.4. The molecule has 7 heteroatoms. The topological polar surface area (TPSA) is 72.2 Å². The molecule has 0 heterocycles. The molecule has 0 spiro atoms. The number of nitrogens with one attached hydrogen (secondary N) is 1. The van der Waals surface area contributed by atoms with E-state index >= 15 is 0 Å².